The number of carboxylic acid groups (broad SMARTS) is 1. The Bertz CT molecular complexity index is 490. The first-order valence-electron chi connectivity index (χ1n) is 6.29. The molecule has 3 rings (SSSR count). The van der Waals surface area contributed by atoms with Crippen LogP contribution in [0.1, 0.15) is 31.2 Å². The van der Waals surface area contributed by atoms with Gasteiger partial charge in [0.1, 0.15) is 5.75 Å². The predicted molar refractivity (Wildman–Crippen MR) is 70.9 cm³/mol. The monoisotopic (exact) mass is 310 g/mol. The molecule has 2 aliphatic carbocycles. The molecule has 0 radical (unpaired) electrons. The number of carboxylic acids is 1. The van der Waals surface area contributed by atoms with Crippen LogP contribution in [0.25, 0.3) is 0 Å². The highest BCUT2D eigenvalue weighted by molar-refractivity contribution is 9.10. The zero-order valence-electron chi connectivity index (χ0n) is 9.99. The Morgan fingerprint density at radius 3 is 2.72 bits per heavy atom. The van der Waals surface area contributed by atoms with E-state index in [0.717, 1.165) is 15.8 Å². The molecule has 2 aliphatic rings. The molecule has 0 bridgehead atoms. The molecule has 4 heteroatoms. The van der Waals surface area contributed by atoms with Gasteiger partial charge in [-0.15, -0.1) is 0 Å². The molecular formula is C14H15BrO3. The Morgan fingerprint density at radius 1 is 1.44 bits per heavy atom. The fourth-order valence-electron chi connectivity index (χ4n) is 2.24. The van der Waals surface area contributed by atoms with Crippen molar-refractivity contribution < 1.29 is 14.6 Å². The summed E-state index contributed by atoms with van der Waals surface area (Å²) in [6.07, 6.45) is 3.87. The molecule has 2 fully saturated rings. The highest BCUT2D eigenvalue weighted by atomic mass is 79.9. The first-order valence-corrected chi connectivity index (χ1v) is 7.08. The summed E-state index contributed by atoms with van der Waals surface area (Å²) in [6.45, 7) is 0.700. The maximum atomic E-state index is 11.4. The molecule has 1 aromatic rings. The first-order chi connectivity index (χ1) is 8.63. The lowest BCUT2D eigenvalue weighted by atomic mass is 9.95. The summed E-state index contributed by atoms with van der Waals surface area (Å²) in [6, 6.07) is 5.67. The number of aliphatic carboxylic acids is 1. The molecule has 0 saturated heterocycles. The fourth-order valence-corrected chi connectivity index (χ4v) is 2.72. The van der Waals surface area contributed by atoms with Crippen LogP contribution in [0.2, 0.25) is 0 Å². The molecule has 18 heavy (non-hydrogen) atoms. The van der Waals surface area contributed by atoms with Gasteiger partial charge in [-0.2, -0.15) is 0 Å². The zero-order chi connectivity index (χ0) is 12.8. The number of hydrogen-bond acceptors (Lipinski definition) is 2. The van der Waals surface area contributed by atoms with Crippen LogP contribution in [0, 0.1) is 5.92 Å². The van der Waals surface area contributed by atoms with Crippen LogP contribution in [-0.2, 0) is 10.2 Å². The molecule has 0 aromatic heterocycles. The van der Waals surface area contributed by atoms with E-state index in [4.69, 9.17) is 4.74 Å². The maximum absolute atomic E-state index is 11.4. The van der Waals surface area contributed by atoms with Gasteiger partial charge >= 0.3 is 5.97 Å². The summed E-state index contributed by atoms with van der Waals surface area (Å²) >= 11 is 3.47. The average Bonchev–Trinajstić information content (AvgIpc) is 3.21. The maximum Gasteiger partial charge on any atom is 0.314 e. The highest BCUT2D eigenvalue weighted by Crippen LogP contribution is 2.53. The molecule has 0 unspecified atom stereocenters. The predicted octanol–water partition coefficient (Wildman–Crippen LogP) is 3.35. The van der Waals surface area contributed by atoms with E-state index < -0.39 is 11.4 Å². The van der Waals surface area contributed by atoms with E-state index in [0.29, 0.717) is 25.4 Å². The van der Waals surface area contributed by atoms with Crippen molar-refractivity contribution in [2.75, 3.05) is 6.61 Å². The molecule has 1 aromatic carbocycles. The van der Waals surface area contributed by atoms with Crippen LogP contribution in [0.4, 0.5) is 0 Å². The molecular weight excluding hydrogens is 296 g/mol. The van der Waals surface area contributed by atoms with Gasteiger partial charge in [-0.3, -0.25) is 4.79 Å². The second-order valence-corrected chi connectivity index (χ2v) is 6.11. The number of carbonyl (C=O) groups is 1. The minimum atomic E-state index is -0.739. The quantitative estimate of drug-likeness (QED) is 0.907. The van der Waals surface area contributed by atoms with Crippen molar-refractivity contribution in [1.29, 1.82) is 0 Å². The van der Waals surface area contributed by atoms with E-state index in [1.807, 2.05) is 18.2 Å². The molecule has 0 spiro atoms. The third kappa shape index (κ3) is 2.03. The van der Waals surface area contributed by atoms with Gasteiger partial charge in [0, 0.05) is 5.56 Å². The van der Waals surface area contributed by atoms with Crippen molar-refractivity contribution in [3.63, 3.8) is 0 Å². The van der Waals surface area contributed by atoms with E-state index >= 15 is 0 Å². The number of benzene rings is 1. The lowest BCUT2D eigenvalue weighted by Gasteiger charge is -2.17. The number of ether oxygens (including phenoxy) is 1. The summed E-state index contributed by atoms with van der Waals surface area (Å²) in [5.41, 5.74) is 0.118. The van der Waals surface area contributed by atoms with E-state index in [2.05, 4.69) is 15.9 Å². The summed E-state index contributed by atoms with van der Waals surface area (Å²) in [5, 5.41) is 9.39. The van der Waals surface area contributed by atoms with Crippen LogP contribution in [0.3, 0.4) is 0 Å². The summed E-state index contributed by atoms with van der Waals surface area (Å²) in [4.78, 5) is 11.4. The van der Waals surface area contributed by atoms with Gasteiger partial charge in [0.25, 0.3) is 0 Å². The van der Waals surface area contributed by atoms with Gasteiger partial charge in [0.05, 0.1) is 16.5 Å². The third-order valence-corrected chi connectivity index (χ3v) is 4.43. The molecule has 0 heterocycles. The van der Waals surface area contributed by atoms with Gasteiger partial charge in [0.2, 0.25) is 0 Å². The van der Waals surface area contributed by atoms with E-state index in [9.17, 15) is 9.90 Å². The van der Waals surface area contributed by atoms with Crippen molar-refractivity contribution in [1.82, 2.24) is 0 Å². The van der Waals surface area contributed by atoms with Crippen molar-refractivity contribution >= 4 is 21.9 Å². The standard InChI is InChI=1S/C14H15BrO3/c15-11-3-1-2-10(14(6-7-14)13(16)17)12(11)18-8-9-4-5-9/h1-3,9H,4-8H2,(H,16,17). The Kier molecular flexibility index (Phi) is 2.85. The Labute approximate surface area is 114 Å². The molecule has 0 aliphatic heterocycles. The van der Waals surface area contributed by atoms with Crippen molar-refractivity contribution in [2.45, 2.75) is 31.1 Å². The summed E-state index contributed by atoms with van der Waals surface area (Å²) in [7, 11) is 0. The zero-order valence-corrected chi connectivity index (χ0v) is 11.6. The molecule has 2 saturated carbocycles. The van der Waals surface area contributed by atoms with E-state index in [1.165, 1.54) is 12.8 Å². The smallest absolute Gasteiger partial charge is 0.314 e. The SMILES string of the molecule is O=C(O)C1(c2cccc(Br)c2OCC2CC2)CC1. The minimum Gasteiger partial charge on any atom is -0.492 e. The van der Waals surface area contributed by atoms with Gasteiger partial charge in [-0.25, -0.2) is 0 Å². The van der Waals surface area contributed by atoms with Gasteiger partial charge < -0.3 is 9.84 Å². The van der Waals surface area contributed by atoms with Gasteiger partial charge in [-0.05, 0) is 53.6 Å². The highest BCUT2D eigenvalue weighted by Gasteiger charge is 2.53. The van der Waals surface area contributed by atoms with Gasteiger partial charge in [-0.1, -0.05) is 12.1 Å². The van der Waals surface area contributed by atoms with E-state index in [1.54, 1.807) is 0 Å². The third-order valence-electron chi connectivity index (χ3n) is 3.80. The molecule has 3 nitrogen and oxygen atoms in total. The summed E-state index contributed by atoms with van der Waals surface area (Å²) in [5.74, 6) is 0.645. The Hall–Kier alpha value is -1.03. The normalized spacial score (nSPS) is 20.5. The second kappa shape index (κ2) is 4.26. The summed E-state index contributed by atoms with van der Waals surface area (Å²) < 4.78 is 6.71. The largest absolute Gasteiger partial charge is 0.492 e. The Morgan fingerprint density at radius 2 is 2.17 bits per heavy atom. The molecule has 1 N–H and O–H groups in total. The lowest BCUT2D eigenvalue weighted by molar-refractivity contribution is -0.140. The topological polar surface area (TPSA) is 46.5 Å². The number of hydrogen-bond donors (Lipinski definition) is 1. The number of para-hydroxylation sites is 1. The number of halogens is 1. The van der Waals surface area contributed by atoms with E-state index in [-0.39, 0.29) is 0 Å². The fraction of sp³-hybridized carbons (Fsp3) is 0.500. The first kappa shape index (κ1) is 12.0. The van der Waals surface area contributed by atoms with Crippen LogP contribution in [0.5, 0.6) is 5.75 Å². The van der Waals surface area contributed by atoms with Crippen molar-refractivity contribution in [3.05, 3.63) is 28.2 Å². The second-order valence-electron chi connectivity index (χ2n) is 5.26. The molecule has 0 amide bonds. The van der Waals surface area contributed by atoms with Crippen molar-refractivity contribution in [3.8, 4) is 5.75 Å². The van der Waals surface area contributed by atoms with Crippen LogP contribution in [-0.4, -0.2) is 17.7 Å². The van der Waals surface area contributed by atoms with Crippen LogP contribution in [0.15, 0.2) is 22.7 Å². The van der Waals surface area contributed by atoms with Crippen molar-refractivity contribution in [2.24, 2.45) is 5.92 Å². The van der Waals surface area contributed by atoms with Gasteiger partial charge in [0.15, 0.2) is 0 Å². The molecule has 96 valence electrons. The average molecular weight is 311 g/mol. The minimum absolute atomic E-state index is 0.657. The van der Waals surface area contributed by atoms with Crippen LogP contribution < -0.4 is 4.74 Å². The molecule has 0 atom stereocenters. The van der Waals surface area contributed by atoms with Crippen LogP contribution >= 0.6 is 15.9 Å². The Balaban J connectivity index is 1.92. The lowest BCUT2D eigenvalue weighted by Crippen LogP contribution is -2.21. The number of rotatable bonds is 5.